The van der Waals surface area contributed by atoms with Crippen LogP contribution in [0.2, 0.25) is 5.02 Å². The summed E-state index contributed by atoms with van der Waals surface area (Å²) in [7, 11) is 0. The second-order valence-electron chi connectivity index (χ2n) is 4.04. The van der Waals surface area contributed by atoms with E-state index in [0.717, 1.165) is 5.56 Å². The molecule has 1 aromatic carbocycles. The smallest absolute Gasteiger partial charge is 0.319 e. The molecule has 0 radical (unpaired) electrons. The minimum atomic E-state index is -0.200. The summed E-state index contributed by atoms with van der Waals surface area (Å²) in [4.78, 5) is 15.7. The Morgan fingerprint density at radius 1 is 1.37 bits per heavy atom. The minimum Gasteiger partial charge on any atom is -0.465 e. The summed E-state index contributed by atoms with van der Waals surface area (Å²) in [5, 5.41) is 7.97. The van der Waals surface area contributed by atoms with E-state index in [2.05, 4.69) is 15.2 Å². The fourth-order valence-corrected chi connectivity index (χ4v) is 2.75. The van der Waals surface area contributed by atoms with E-state index < -0.39 is 0 Å². The molecule has 0 spiro atoms. The highest BCUT2D eigenvalue weighted by molar-refractivity contribution is 8.00. The summed E-state index contributed by atoms with van der Waals surface area (Å²) in [6.07, 6.45) is 0.703. The molecule has 98 valence electrons. The van der Waals surface area contributed by atoms with Crippen molar-refractivity contribution in [2.24, 2.45) is 0 Å². The van der Waals surface area contributed by atoms with E-state index in [4.69, 9.17) is 16.3 Å². The molecule has 1 unspecified atom stereocenters. The predicted molar refractivity (Wildman–Crippen MR) is 72.0 cm³/mol. The van der Waals surface area contributed by atoms with Crippen LogP contribution in [0.3, 0.4) is 0 Å². The summed E-state index contributed by atoms with van der Waals surface area (Å²) in [6.45, 7) is 0.477. The van der Waals surface area contributed by atoms with Crippen molar-refractivity contribution in [3.63, 3.8) is 0 Å². The third kappa shape index (κ3) is 2.74. The third-order valence-electron chi connectivity index (χ3n) is 2.72. The number of nitrogens with zero attached hydrogens (tertiary/aromatic N) is 2. The number of hydrogen-bond acceptors (Lipinski definition) is 5. The molecule has 7 heteroatoms. The van der Waals surface area contributed by atoms with Gasteiger partial charge in [0.25, 0.3) is 0 Å². The Morgan fingerprint density at radius 2 is 2.16 bits per heavy atom. The summed E-state index contributed by atoms with van der Waals surface area (Å²) in [6, 6.07) is 7.31. The van der Waals surface area contributed by atoms with Gasteiger partial charge in [0.1, 0.15) is 5.25 Å². The first-order valence-electron chi connectivity index (χ1n) is 5.74. The lowest BCUT2D eigenvalue weighted by molar-refractivity contribution is -0.137. The second kappa shape index (κ2) is 5.22. The first-order chi connectivity index (χ1) is 9.22. The number of carbonyl (C=O) groups is 1. The Labute approximate surface area is 118 Å². The highest BCUT2D eigenvalue weighted by atomic mass is 35.5. The van der Waals surface area contributed by atoms with Crippen LogP contribution in [0, 0.1) is 0 Å². The molecule has 1 atom stereocenters. The minimum absolute atomic E-state index is 0.192. The molecule has 3 rings (SSSR count). The summed E-state index contributed by atoms with van der Waals surface area (Å²) >= 11 is 7.16. The number of aromatic nitrogens is 3. The summed E-state index contributed by atoms with van der Waals surface area (Å²) in [5.41, 5.74) is 0.901. The molecule has 1 aliphatic rings. The molecule has 1 saturated heterocycles. The number of halogens is 1. The van der Waals surface area contributed by atoms with Gasteiger partial charge in [-0.1, -0.05) is 23.4 Å². The molecule has 0 saturated carbocycles. The Balaban J connectivity index is 1.75. The van der Waals surface area contributed by atoms with Crippen LogP contribution in [-0.4, -0.2) is 33.0 Å². The van der Waals surface area contributed by atoms with Gasteiger partial charge in [0.15, 0.2) is 5.82 Å². The first-order valence-corrected chi connectivity index (χ1v) is 7.00. The number of benzene rings is 1. The Morgan fingerprint density at radius 3 is 2.84 bits per heavy atom. The number of esters is 1. The Kier molecular flexibility index (Phi) is 3.44. The average molecular weight is 296 g/mol. The van der Waals surface area contributed by atoms with Crippen LogP contribution in [0.15, 0.2) is 29.4 Å². The van der Waals surface area contributed by atoms with Gasteiger partial charge in [-0.3, -0.25) is 9.89 Å². The molecular formula is C12H10ClN3O2S. The van der Waals surface area contributed by atoms with Crippen molar-refractivity contribution in [1.82, 2.24) is 15.2 Å². The third-order valence-corrected chi connectivity index (χ3v) is 4.08. The second-order valence-corrected chi connectivity index (χ2v) is 5.64. The zero-order valence-electron chi connectivity index (χ0n) is 9.80. The number of H-pyrrole nitrogens is 1. The lowest BCUT2D eigenvalue weighted by Crippen LogP contribution is -2.09. The topological polar surface area (TPSA) is 67.9 Å². The van der Waals surface area contributed by atoms with E-state index >= 15 is 0 Å². The van der Waals surface area contributed by atoms with E-state index in [9.17, 15) is 4.79 Å². The zero-order valence-corrected chi connectivity index (χ0v) is 11.4. The molecule has 2 heterocycles. The molecule has 1 N–H and O–H groups in total. The monoisotopic (exact) mass is 295 g/mol. The number of rotatable bonds is 3. The van der Waals surface area contributed by atoms with Gasteiger partial charge in [-0.15, -0.1) is 5.10 Å². The SMILES string of the molecule is O=C1OCCC1Sc1n[nH]c(-c2ccc(Cl)cc2)n1. The predicted octanol–water partition coefficient (Wildman–Crippen LogP) is 2.53. The van der Waals surface area contributed by atoms with E-state index in [1.54, 1.807) is 12.1 Å². The molecule has 0 bridgehead atoms. The van der Waals surface area contributed by atoms with Crippen LogP contribution >= 0.6 is 23.4 Å². The van der Waals surface area contributed by atoms with Crippen LogP contribution in [0.5, 0.6) is 0 Å². The van der Waals surface area contributed by atoms with Crippen LogP contribution in [0.25, 0.3) is 11.4 Å². The van der Waals surface area contributed by atoms with Gasteiger partial charge in [0.05, 0.1) is 6.61 Å². The number of nitrogens with one attached hydrogen (secondary N) is 1. The fraction of sp³-hybridized carbons (Fsp3) is 0.250. The number of aromatic amines is 1. The highest BCUT2D eigenvalue weighted by Gasteiger charge is 2.28. The summed E-state index contributed by atoms with van der Waals surface area (Å²) in [5.74, 6) is 0.466. The van der Waals surface area contributed by atoms with Gasteiger partial charge >= 0.3 is 5.97 Å². The van der Waals surface area contributed by atoms with Crippen molar-refractivity contribution in [2.75, 3.05) is 6.61 Å². The fourth-order valence-electron chi connectivity index (χ4n) is 1.75. The van der Waals surface area contributed by atoms with Crippen molar-refractivity contribution < 1.29 is 9.53 Å². The van der Waals surface area contributed by atoms with Crippen molar-refractivity contribution in [1.29, 1.82) is 0 Å². The van der Waals surface area contributed by atoms with Crippen LogP contribution in [0.4, 0.5) is 0 Å². The summed E-state index contributed by atoms with van der Waals surface area (Å²) < 4.78 is 4.90. The van der Waals surface area contributed by atoms with Crippen LogP contribution in [0.1, 0.15) is 6.42 Å². The normalized spacial score (nSPS) is 18.6. The molecular weight excluding hydrogens is 286 g/mol. The van der Waals surface area contributed by atoms with E-state index in [1.807, 2.05) is 12.1 Å². The van der Waals surface area contributed by atoms with Crippen molar-refractivity contribution in [3.8, 4) is 11.4 Å². The van der Waals surface area contributed by atoms with E-state index in [-0.39, 0.29) is 11.2 Å². The number of thioether (sulfide) groups is 1. The maximum atomic E-state index is 11.4. The van der Waals surface area contributed by atoms with Crippen molar-refractivity contribution in [2.45, 2.75) is 16.8 Å². The number of cyclic esters (lactones) is 1. The molecule has 0 aliphatic carbocycles. The quantitative estimate of drug-likeness (QED) is 0.881. The maximum absolute atomic E-state index is 11.4. The van der Waals surface area contributed by atoms with Gasteiger partial charge in [-0.2, -0.15) is 0 Å². The van der Waals surface area contributed by atoms with Gasteiger partial charge < -0.3 is 4.74 Å². The molecule has 1 fully saturated rings. The van der Waals surface area contributed by atoms with Gasteiger partial charge in [-0.05, 0) is 24.3 Å². The molecule has 2 aromatic rings. The molecule has 5 nitrogen and oxygen atoms in total. The Bertz CT molecular complexity index is 599. The lowest BCUT2D eigenvalue weighted by atomic mass is 10.2. The van der Waals surface area contributed by atoms with Gasteiger partial charge in [0, 0.05) is 17.0 Å². The van der Waals surface area contributed by atoms with Crippen LogP contribution in [-0.2, 0) is 9.53 Å². The Hall–Kier alpha value is -1.53. The van der Waals surface area contributed by atoms with E-state index in [1.165, 1.54) is 11.8 Å². The number of carbonyl (C=O) groups excluding carboxylic acids is 1. The molecule has 19 heavy (non-hydrogen) atoms. The van der Waals surface area contributed by atoms with Crippen LogP contribution < -0.4 is 0 Å². The first kappa shape index (κ1) is 12.5. The zero-order chi connectivity index (χ0) is 13.2. The van der Waals surface area contributed by atoms with Crippen molar-refractivity contribution in [3.05, 3.63) is 29.3 Å². The number of ether oxygens (including phenoxy) is 1. The standard InChI is InChI=1S/C12H10ClN3O2S/c13-8-3-1-7(2-4-8)10-14-12(16-15-10)19-9-5-6-18-11(9)17/h1-4,9H,5-6H2,(H,14,15,16). The van der Waals surface area contributed by atoms with Gasteiger partial charge in [-0.25, -0.2) is 4.98 Å². The van der Waals surface area contributed by atoms with Gasteiger partial charge in [0.2, 0.25) is 5.16 Å². The average Bonchev–Trinajstić information content (AvgIpc) is 3.01. The molecule has 1 aromatic heterocycles. The van der Waals surface area contributed by atoms with E-state index in [0.29, 0.717) is 29.0 Å². The lowest BCUT2D eigenvalue weighted by Gasteiger charge is -1.99. The van der Waals surface area contributed by atoms with Crippen molar-refractivity contribution >= 4 is 29.3 Å². The molecule has 0 amide bonds. The number of hydrogen-bond donors (Lipinski definition) is 1. The molecule has 1 aliphatic heterocycles. The maximum Gasteiger partial charge on any atom is 0.319 e. The highest BCUT2D eigenvalue weighted by Crippen LogP contribution is 2.28. The largest absolute Gasteiger partial charge is 0.465 e.